The zero-order valence-corrected chi connectivity index (χ0v) is 11.8. The van der Waals surface area contributed by atoms with Crippen molar-refractivity contribution in [3.8, 4) is 0 Å². The van der Waals surface area contributed by atoms with Crippen LogP contribution in [0.1, 0.15) is 32.6 Å². The monoisotopic (exact) mass is 239 g/mol. The molecule has 0 bridgehead atoms. The fraction of sp³-hybridized carbons (Fsp3) is 1.00. The summed E-state index contributed by atoms with van der Waals surface area (Å²) in [5.41, 5.74) is 0. The van der Waals surface area contributed by atoms with Crippen LogP contribution in [0.4, 0.5) is 0 Å². The highest BCUT2D eigenvalue weighted by molar-refractivity contribution is 4.84. The summed E-state index contributed by atoms with van der Waals surface area (Å²) in [5, 5.41) is 3.70. The molecule has 2 saturated heterocycles. The summed E-state index contributed by atoms with van der Waals surface area (Å²) in [4.78, 5) is 5.05. The minimum absolute atomic E-state index is 0.716. The molecule has 3 heteroatoms. The molecule has 100 valence electrons. The molecule has 0 aromatic carbocycles. The van der Waals surface area contributed by atoms with Crippen molar-refractivity contribution in [2.45, 2.75) is 44.7 Å². The standard InChI is InChI=1S/C14H29N3/c1-12-5-4-8-15-14(12)11-17(3)13-6-9-16(2)10-7-13/h12-15H,4-11H2,1-3H3. The van der Waals surface area contributed by atoms with E-state index >= 15 is 0 Å². The maximum Gasteiger partial charge on any atom is 0.0220 e. The second-order valence-corrected chi connectivity index (χ2v) is 6.15. The van der Waals surface area contributed by atoms with E-state index in [1.54, 1.807) is 0 Å². The van der Waals surface area contributed by atoms with Crippen LogP contribution < -0.4 is 5.32 Å². The quantitative estimate of drug-likeness (QED) is 0.803. The number of likely N-dealkylation sites (N-methyl/N-ethyl adjacent to an activating group) is 1. The van der Waals surface area contributed by atoms with Crippen LogP contribution in [0.15, 0.2) is 0 Å². The van der Waals surface area contributed by atoms with Crippen molar-refractivity contribution in [1.82, 2.24) is 15.1 Å². The van der Waals surface area contributed by atoms with Gasteiger partial charge in [-0.15, -0.1) is 0 Å². The first-order valence-corrected chi connectivity index (χ1v) is 7.29. The van der Waals surface area contributed by atoms with E-state index in [9.17, 15) is 0 Å². The molecule has 2 aliphatic heterocycles. The molecule has 0 aromatic heterocycles. The zero-order chi connectivity index (χ0) is 12.3. The van der Waals surface area contributed by atoms with E-state index in [1.807, 2.05) is 0 Å². The number of nitrogens with one attached hydrogen (secondary N) is 1. The molecule has 2 atom stereocenters. The van der Waals surface area contributed by atoms with E-state index in [1.165, 1.54) is 51.9 Å². The summed E-state index contributed by atoms with van der Waals surface area (Å²) in [6, 6.07) is 1.52. The van der Waals surface area contributed by atoms with Crippen LogP contribution in [0.2, 0.25) is 0 Å². The smallest absolute Gasteiger partial charge is 0.0220 e. The molecule has 3 nitrogen and oxygen atoms in total. The number of hydrogen-bond donors (Lipinski definition) is 1. The number of rotatable bonds is 3. The topological polar surface area (TPSA) is 18.5 Å². The Bertz CT molecular complexity index is 224. The molecule has 2 heterocycles. The first-order chi connectivity index (χ1) is 8.16. The Kier molecular flexibility index (Phi) is 4.83. The summed E-state index contributed by atoms with van der Waals surface area (Å²) >= 11 is 0. The van der Waals surface area contributed by atoms with Crippen molar-refractivity contribution in [1.29, 1.82) is 0 Å². The van der Waals surface area contributed by atoms with Crippen molar-refractivity contribution in [2.24, 2.45) is 5.92 Å². The van der Waals surface area contributed by atoms with Gasteiger partial charge in [-0.05, 0) is 65.3 Å². The van der Waals surface area contributed by atoms with Crippen molar-refractivity contribution in [3.05, 3.63) is 0 Å². The predicted octanol–water partition coefficient (Wildman–Crippen LogP) is 1.40. The van der Waals surface area contributed by atoms with Crippen LogP contribution in [0.3, 0.4) is 0 Å². The van der Waals surface area contributed by atoms with E-state index in [0.717, 1.165) is 12.0 Å². The van der Waals surface area contributed by atoms with Crippen molar-refractivity contribution in [3.63, 3.8) is 0 Å². The Labute approximate surface area is 107 Å². The molecular formula is C14H29N3. The molecule has 2 unspecified atom stereocenters. The lowest BCUT2D eigenvalue weighted by Crippen LogP contribution is -2.51. The molecule has 2 rings (SSSR count). The molecule has 0 saturated carbocycles. The van der Waals surface area contributed by atoms with E-state index in [0.29, 0.717) is 6.04 Å². The lowest BCUT2D eigenvalue weighted by molar-refractivity contribution is 0.119. The number of likely N-dealkylation sites (tertiary alicyclic amines) is 1. The van der Waals surface area contributed by atoms with E-state index in [4.69, 9.17) is 0 Å². The van der Waals surface area contributed by atoms with Crippen LogP contribution in [-0.2, 0) is 0 Å². The van der Waals surface area contributed by atoms with E-state index in [-0.39, 0.29) is 0 Å². The fourth-order valence-electron chi connectivity index (χ4n) is 3.25. The highest BCUT2D eigenvalue weighted by Gasteiger charge is 2.26. The third kappa shape index (κ3) is 3.67. The molecular weight excluding hydrogens is 210 g/mol. The fourth-order valence-corrected chi connectivity index (χ4v) is 3.25. The average molecular weight is 239 g/mol. The van der Waals surface area contributed by atoms with Crippen LogP contribution >= 0.6 is 0 Å². The van der Waals surface area contributed by atoms with Gasteiger partial charge in [0.1, 0.15) is 0 Å². The van der Waals surface area contributed by atoms with E-state index in [2.05, 4.69) is 36.1 Å². The number of piperidine rings is 2. The van der Waals surface area contributed by atoms with Crippen molar-refractivity contribution in [2.75, 3.05) is 40.3 Å². The van der Waals surface area contributed by atoms with Crippen LogP contribution in [0.25, 0.3) is 0 Å². The van der Waals surface area contributed by atoms with Crippen molar-refractivity contribution < 1.29 is 0 Å². The molecule has 17 heavy (non-hydrogen) atoms. The molecule has 2 fully saturated rings. The Balaban J connectivity index is 1.77. The normalized spacial score (nSPS) is 33.2. The molecule has 0 spiro atoms. The van der Waals surface area contributed by atoms with Gasteiger partial charge in [0.05, 0.1) is 0 Å². The molecule has 0 radical (unpaired) electrons. The van der Waals surface area contributed by atoms with Gasteiger partial charge in [-0.2, -0.15) is 0 Å². The summed E-state index contributed by atoms with van der Waals surface area (Å²) in [5.74, 6) is 0.845. The molecule has 0 aliphatic carbocycles. The minimum atomic E-state index is 0.716. The molecule has 0 amide bonds. The van der Waals surface area contributed by atoms with Gasteiger partial charge in [0.2, 0.25) is 0 Å². The molecule has 2 aliphatic rings. The molecule has 1 N–H and O–H groups in total. The Morgan fingerprint density at radius 1 is 1.24 bits per heavy atom. The van der Waals surface area contributed by atoms with Gasteiger partial charge >= 0.3 is 0 Å². The Morgan fingerprint density at radius 2 is 1.94 bits per heavy atom. The number of hydrogen-bond acceptors (Lipinski definition) is 3. The third-order valence-corrected chi connectivity index (χ3v) is 4.73. The van der Waals surface area contributed by atoms with Crippen LogP contribution in [-0.4, -0.2) is 62.2 Å². The van der Waals surface area contributed by atoms with E-state index < -0.39 is 0 Å². The van der Waals surface area contributed by atoms with Gasteiger partial charge in [0, 0.05) is 18.6 Å². The predicted molar refractivity (Wildman–Crippen MR) is 73.3 cm³/mol. The molecule has 0 aromatic rings. The first-order valence-electron chi connectivity index (χ1n) is 7.29. The highest BCUT2D eigenvalue weighted by atomic mass is 15.2. The maximum absolute atomic E-state index is 3.70. The first kappa shape index (κ1) is 13.3. The highest BCUT2D eigenvalue weighted by Crippen LogP contribution is 2.19. The second kappa shape index (κ2) is 6.17. The SMILES string of the molecule is CC1CCCNC1CN(C)C1CCN(C)CC1. The lowest BCUT2D eigenvalue weighted by Gasteiger charge is -2.39. The number of nitrogens with zero attached hydrogens (tertiary/aromatic N) is 2. The summed E-state index contributed by atoms with van der Waals surface area (Å²) in [7, 11) is 4.56. The second-order valence-electron chi connectivity index (χ2n) is 6.15. The summed E-state index contributed by atoms with van der Waals surface area (Å²) < 4.78 is 0. The average Bonchev–Trinajstić information content (AvgIpc) is 2.33. The summed E-state index contributed by atoms with van der Waals surface area (Å²) in [6.07, 6.45) is 5.44. The summed E-state index contributed by atoms with van der Waals surface area (Å²) in [6.45, 7) is 7.39. The minimum Gasteiger partial charge on any atom is -0.312 e. The largest absolute Gasteiger partial charge is 0.312 e. The third-order valence-electron chi connectivity index (χ3n) is 4.73. The van der Waals surface area contributed by atoms with Crippen molar-refractivity contribution >= 4 is 0 Å². The Hall–Kier alpha value is -0.120. The van der Waals surface area contributed by atoms with Gasteiger partial charge in [-0.25, -0.2) is 0 Å². The van der Waals surface area contributed by atoms with Crippen LogP contribution in [0.5, 0.6) is 0 Å². The van der Waals surface area contributed by atoms with Gasteiger partial charge < -0.3 is 15.1 Å². The van der Waals surface area contributed by atoms with Crippen LogP contribution in [0, 0.1) is 5.92 Å². The Morgan fingerprint density at radius 3 is 2.59 bits per heavy atom. The van der Waals surface area contributed by atoms with Gasteiger partial charge in [0.15, 0.2) is 0 Å². The maximum atomic E-state index is 3.70. The van der Waals surface area contributed by atoms with Gasteiger partial charge in [-0.1, -0.05) is 6.92 Å². The lowest BCUT2D eigenvalue weighted by atomic mass is 9.91. The zero-order valence-electron chi connectivity index (χ0n) is 11.8. The van der Waals surface area contributed by atoms with Gasteiger partial charge in [0.25, 0.3) is 0 Å². The van der Waals surface area contributed by atoms with Gasteiger partial charge in [-0.3, -0.25) is 0 Å².